The minimum Gasteiger partial charge on any atom is -0.381 e. The van der Waals surface area contributed by atoms with Crippen molar-refractivity contribution in [1.82, 2.24) is 0 Å². The van der Waals surface area contributed by atoms with E-state index in [2.05, 4.69) is 0 Å². The summed E-state index contributed by atoms with van der Waals surface area (Å²) in [5, 5.41) is 10.1. The first kappa shape index (κ1) is 14.5. The van der Waals surface area contributed by atoms with Gasteiger partial charge in [-0.05, 0) is 12.2 Å². The third-order valence-electron chi connectivity index (χ3n) is 2.95. The Morgan fingerprint density at radius 2 is 1.85 bits per heavy atom. The van der Waals surface area contributed by atoms with Crippen LogP contribution in [0.1, 0.15) is 12.0 Å². The average molecular weight is 284 g/mol. The molecule has 1 atom stereocenters. The normalized spacial score (nSPS) is 23.6. The Labute approximate surface area is 113 Å². The van der Waals surface area contributed by atoms with Gasteiger partial charge in [0.1, 0.15) is 11.4 Å². The van der Waals surface area contributed by atoms with E-state index in [0.717, 1.165) is 24.3 Å². The monoisotopic (exact) mass is 284 g/mol. The first-order valence-electron chi connectivity index (χ1n) is 5.93. The molecular weight excluding hydrogens is 272 g/mol. The lowest BCUT2D eigenvalue weighted by Crippen LogP contribution is -2.26. The lowest BCUT2D eigenvalue weighted by Gasteiger charge is -2.24. The molecule has 1 nitrogen and oxygen atoms in total. The summed E-state index contributed by atoms with van der Waals surface area (Å²) in [7, 11) is 0. The van der Waals surface area contributed by atoms with Gasteiger partial charge < -0.3 is 5.11 Å². The van der Waals surface area contributed by atoms with E-state index in [0.29, 0.717) is 0 Å². The second-order valence-corrected chi connectivity index (χ2v) is 4.54. The van der Waals surface area contributed by atoms with Gasteiger partial charge in [0.15, 0.2) is 0 Å². The lowest BCUT2D eigenvalue weighted by molar-refractivity contribution is -0.0890. The quantitative estimate of drug-likeness (QED) is 0.808. The summed E-state index contributed by atoms with van der Waals surface area (Å²) in [5.41, 5.74) is -2.31. The zero-order chi connectivity index (χ0) is 14.8. The van der Waals surface area contributed by atoms with E-state index >= 15 is 0 Å². The minimum absolute atomic E-state index is 0.264. The highest BCUT2D eigenvalue weighted by atomic mass is 19.4. The molecule has 0 radical (unpaired) electrons. The van der Waals surface area contributed by atoms with Crippen LogP contribution in [-0.4, -0.2) is 16.9 Å². The molecule has 5 heteroatoms. The van der Waals surface area contributed by atoms with Crippen LogP contribution in [0.3, 0.4) is 0 Å². The fraction of sp³-hybridized carbons (Fsp3) is 0.200. The van der Waals surface area contributed by atoms with Crippen LogP contribution in [0, 0.1) is 0 Å². The van der Waals surface area contributed by atoms with E-state index in [1.807, 2.05) is 0 Å². The van der Waals surface area contributed by atoms with Crippen molar-refractivity contribution >= 4 is 5.83 Å². The largest absolute Gasteiger partial charge is 0.416 e. The van der Waals surface area contributed by atoms with E-state index in [4.69, 9.17) is 0 Å². The fourth-order valence-corrected chi connectivity index (χ4v) is 1.86. The molecule has 0 heterocycles. The standard InChI is InChI=1S/C15H12F4O/c16-13(11-4-2-1-3-5-11)10-14(20)8-6-12(7-9-14)15(17,18)19/h1-8,10,20H,9H2/b13-10-. The smallest absolute Gasteiger partial charge is 0.381 e. The van der Waals surface area contributed by atoms with E-state index in [1.54, 1.807) is 18.2 Å². The Morgan fingerprint density at radius 1 is 1.20 bits per heavy atom. The van der Waals surface area contributed by atoms with Gasteiger partial charge in [-0.2, -0.15) is 13.2 Å². The second-order valence-electron chi connectivity index (χ2n) is 4.54. The van der Waals surface area contributed by atoms with Crippen molar-refractivity contribution in [2.75, 3.05) is 0 Å². The molecule has 2 rings (SSSR count). The Balaban J connectivity index is 2.20. The fourth-order valence-electron chi connectivity index (χ4n) is 1.86. The van der Waals surface area contributed by atoms with Gasteiger partial charge in [-0.1, -0.05) is 42.5 Å². The third-order valence-corrected chi connectivity index (χ3v) is 2.95. The number of alkyl halides is 3. The van der Waals surface area contributed by atoms with Crippen LogP contribution < -0.4 is 0 Å². The van der Waals surface area contributed by atoms with Crippen molar-refractivity contribution in [3.63, 3.8) is 0 Å². The molecule has 0 aromatic heterocycles. The van der Waals surface area contributed by atoms with Crippen molar-refractivity contribution in [1.29, 1.82) is 0 Å². The van der Waals surface area contributed by atoms with Gasteiger partial charge >= 0.3 is 6.18 Å². The highest BCUT2D eigenvalue weighted by molar-refractivity contribution is 5.61. The molecule has 0 saturated carbocycles. The van der Waals surface area contributed by atoms with Crippen LogP contribution in [-0.2, 0) is 0 Å². The number of benzene rings is 1. The number of rotatable bonds is 2. The maximum absolute atomic E-state index is 13.9. The Hall–Kier alpha value is -1.88. The molecule has 20 heavy (non-hydrogen) atoms. The number of hydrogen-bond acceptors (Lipinski definition) is 1. The summed E-state index contributed by atoms with van der Waals surface area (Å²) in [6, 6.07) is 8.00. The molecule has 0 fully saturated rings. The molecule has 1 aromatic rings. The molecule has 0 spiro atoms. The summed E-state index contributed by atoms with van der Waals surface area (Å²) < 4.78 is 51.2. The predicted octanol–water partition coefficient (Wildman–Crippen LogP) is 4.18. The lowest BCUT2D eigenvalue weighted by atomic mass is 9.90. The van der Waals surface area contributed by atoms with Gasteiger partial charge in [0.2, 0.25) is 0 Å². The molecule has 106 valence electrons. The minimum atomic E-state index is -4.46. The Kier molecular flexibility index (Phi) is 3.81. The van der Waals surface area contributed by atoms with E-state index < -0.39 is 23.2 Å². The molecule has 1 aliphatic rings. The number of allylic oxidation sites excluding steroid dienone is 2. The van der Waals surface area contributed by atoms with Crippen molar-refractivity contribution < 1.29 is 22.7 Å². The number of halogens is 4. The topological polar surface area (TPSA) is 20.2 Å². The number of aliphatic hydroxyl groups is 1. The van der Waals surface area contributed by atoms with Crippen molar-refractivity contribution in [3.8, 4) is 0 Å². The van der Waals surface area contributed by atoms with Gasteiger partial charge in [-0.15, -0.1) is 0 Å². The molecule has 0 aliphatic heterocycles. The third kappa shape index (κ3) is 3.36. The van der Waals surface area contributed by atoms with Crippen LogP contribution in [0.15, 0.2) is 60.2 Å². The molecular formula is C15H12F4O. The Morgan fingerprint density at radius 3 is 2.35 bits per heavy atom. The van der Waals surface area contributed by atoms with Crippen molar-refractivity contribution in [3.05, 3.63) is 65.8 Å². The summed E-state index contributed by atoms with van der Waals surface area (Å²) in [6.45, 7) is 0. The van der Waals surface area contributed by atoms with Crippen LogP contribution in [0.5, 0.6) is 0 Å². The maximum atomic E-state index is 13.9. The number of hydrogen-bond donors (Lipinski definition) is 1. The molecule has 0 amide bonds. The Bertz CT molecular complexity index is 569. The second kappa shape index (κ2) is 5.25. The van der Waals surface area contributed by atoms with E-state index in [1.165, 1.54) is 12.1 Å². The van der Waals surface area contributed by atoms with Crippen molar-refractivity contribution in [2.45, 2.75) is 18.2 Å². The molecule has 1 aliphatic carbocycles. The van der Waals surface area contributed by atoms with Gasteiger partial charge in [-0.3, -0.25) is 0 Å². The highest BCUT2D eigenvalue weighted by Crippen LogP contribution is 2.34. The van der Waals surface area contributed by atoms with Gasteiger partial charge in [0.25, 0.3) is 0 Å². The highest BCUT2D eigenvalue weighted by Gasteiger charge is 2.35. The first-order valence-corrected chi connectivity index (χ1v) is 5.93. The molecule has 1 N–H and O–H groups in total. The van der Waals surface area contributed by atoms with E-state index in [9.17, 15) is 22.7 Å². The molecule has 1 aromatic carbocycles. The zero-order valence-corrected chi connectivity index (χ0v) is 10.4. The van der Waals surface area contributed by atoms with Crippen molar-refractivity contribution in [2.24, 2.45) is 0 Å². The summed E-state index contributed by atoms with van der Waals surface area (Å²) >= 11 is 0. The van der Waals surface area contributed by atoms with Gasteiger partial charge in [-0.25, -0.2) is 4.39 Å². The predicted molar refractivity (Wildman–Crippen MR) is 68.4 cm³/mol. The van der Waals surface area contributed by atoms with Gasteiger partial charge in [0, 0.05) is 12.0 Å². The average Bonchev–Trinajstić information content (AvgIpc) is 2.38. The summed E-state index contributed by atoms with van der Waals surface area (Å²) in [5.74, 6) is -0.679. The zero-order valence-electron chi connectivity index (χ0n) is 10.4. The van der Waals surface area contributed by atoms with Gasteiger partial charge in [0.05, 0.1) is 5.57 Å². The summed E-state index contributed by atoms with van der Waals surface area (Å²) in [6.07, 6.45) is -1.29. The van der Waals surface area contributed by atoms with Crippen LogP contribution in [0.2, 0.25) is 0 Å². The molecule has 0 saturated heterocycles. The van der Waals surface area contributed by atoms with E-state index in [-0.39, 0.29) is 12.0 Å². The van der Waals surface area contributed by atoms with Crippen LogP contribution >= 0.6 is 0 Å². The molecule has 1 unspecified atom stereocenters. The summed E-state index contributed by atoms with van der Waals surface area (Å²) in [4.78, 5) is 0. The molecule has 0 bridgehead atoms. The van der Waals surface area contributed by atoms with Crippen LogP contribution in [0.4, 0.5) is 17.6 Å². The first-order chi connectivity index (χ1) is 9.30. The van der Waals surface area contributed by atoms with Crippen LogP contribution in [0.25, 0.3) is 5.83 Å². The SMILES string of the molecule is OC1(/C=C(\F)c2ccccc2)C=CC(C(F)(F)F)=CC1. The maximum Gasteiger partial charge on any atom is 0.416 e.